The molecule has 4 nitrogen and oxygen atoms in total. The lowest BCUT2D eigenvalue weighted by atomic mass is 10.1. The van der Waals surface area contributed by atoms with Crippen molar-refractivity contribution in [2.75, 3.05) is 6.61 Å². The van der Waals surface area contributed by atoms with Gasteiger partial charge < -0.3 is 10.1 Å². The number of hydrogen-bond acceptors (Lipinski definition) is 3. The molecule has 0 saturated carbocycles. The fourth-order valence-corrected chi connectivity index (χ4v) is 1.42. The predicted octanol–water partition coefficient (Wildman–Crippen LogP) is 2.66. The van der Waals surface area contributed by atoms with Crippen LogP contribution in [0.3, 0.4) is 0 Å². The van der Waals surface area contributed by atoms with E-state index in [-0.39, 0.29) is 12.2 Å². The summed E-state index contributed by atoms with van der Waals surface area (Å²) >= 11 is 2.82. The van der Waals surface area contributed by atoms with Gasteiger partial charge in [-0.1, -0.05) is 12.0 Å². The van der Waals surface area contributed by atoms with Crippen molar-refractivity contribution < 1.29 is 22.7 Å². The van der Waals surface area contributed by atoms with Crippen LogP contribution in [-0.2, 0) is 10.9 Å². The summed E-state index contributed by atoms with van der Waals surface area (Å²) in [4.78, 5) is 14.1. The van der Waals surface area contributed by atoms with Crippen LogP contribution in [0.1, 0.15) is 15.9 Å². The van der Waals surface area contributed by atoms with Crippen LogP contribution in [0, 0.1) is 22.1 Å². The minimum Gasteiger partial charge on any atom is -0.332 e. The van der Waals surface area contributed by atoms with Gasteiger partial charge in [0.2, 0.25) is 6.23 Å². The first-order chi connectivity index (χ1) is 9.88. The van der Waals surface area contributed by atoms with Gasteiger partial charge in [-0.2, -0.15) is 18.4 Å². The zero-order valence-electron chi connectivity index (χ0n) is 10.4. The lowest BCUT2D eigenvalue weighted by molar-refractivity contribution is -0.137. The van der Waals surface area contributed by atoms with Crippen molar-refractivity contribution in [3.05, 3.63) is 35.4 Å². The molecule has 0 saturated heterocycles. The number of ether oxygens (including phenoxy) is 1. The summed E-state index contributed by atoms with van der Waals surface area (Å²) in [7, 11) is 0. The number of benzene rings is 1. The average Bonchev–Trinajstić information content (AvgIpc) is 2.45. The third-order valence-corrected chi connectivity index (χ3v) is 2.50. The third-order valence-electron chi connectivity index (χ3n) is 2.22. The molecule has 1 unspecified atom stereocenters. The first-order valence-electron chi connectivity index (χ1n) is 5.46. The monoisotopic (exact) mass is 360 g/mol. The number of rotatable bonds is 4. The van der Waals surface area contributed by atoms with Crippen molar-refractivity contribution in [1.29, 1.82) is 5.26 Å². The van der Waals surface area contributed by atoms with Crippen LogP contribution >= 0.6 is 15.9 Å². The first-order valence-corrected chi connectivity index (χ1v) is 6.25. The van der Waals surface area contributed by atoms with Crippen LogP contribution in [-0.4, -0.2) is 18.7 Å². The van der Waals surface area contributed by atoms with Crippen LogP contribution in [0.4, 0.5) is 13.2 Å². The van der Waals surface area contributed by atoms with E-state index in [4.69, 9.17) is 10.00 Å². The van der Waals surface area contributed by atoms with Crippen LogP contribution in [0.5, 0.6) is 0 Å². The Hall–Kier alpha value is -2.03. The number of nitrogens with one attached hydrogen (secondary N) is 1. The Kier molecular flexibility index (Phi) is 6.22. The highest BCUT2D eigenvalue weighted by atomic mass is 79.9. The quantitative estimate of drug-likeness (QED) is 0.663. The molecule has 0 radical (unpaired) electrons. The number of halogens is 4. The average molecular weight is 361 g/mol. The summed E-state index contributed by atoms with van der Waals surface area (Å²) in [5.41, 5.74) is -1.17. The Morgan fingerprint density at radius 3 is 2.76 bits per heavy atom. The molecule has 0 bridgehead atoms. The molecule has 0 aromatic heterocycles. The summed E-state index contributed by atoms with van der Waals surface area (Å²) in [5.74, 6) is 1.60. The second-order valence-corrected chi connectivity index (χ2v) is 4.04. The fourth-order valence-electron chi connectivity index (χ4n) is 1.30. The Labute approximate surface area is 127 Å². The van der Waals surface area contributed by atoms with E-state index in [1.54, 1.807) is 6.07 Å². The van der Waals surface area contributed by atoms with Gasteiger partial charge >= 0.3 is 6.18 Å². The maximum Gasteiger partial charge on any atom is 0.416 e. The smallest absolute Gasteiger partial charge is 0.332 e. The van der Waals surface area contributed by atoms with E-state index in [0.29, 0.717) is 6.07 Å². The Balaban J connectivity index is 2.79. The van der Waals surface area contributed by atoms with E-state index in [1.165, 1.54) is 6.07 Å². The van der Waals surface area contributed by atoms with E-state index in [9.17, 15) is 18.0 Å². The van der Waals surface area contributed by atoms with Gasteiger partial charge in [-0.05, 0) is 23.0 Å². The van der Waals surface area contributed by atoms with Crippen LogP contribution < -0.4 is 5.32 Å². The van der Waals surface area contributed by atoms with Crippen molar-refractivity contribution in [3.8, 4) is 16.8 Å². The summed E-state index contributed by atoms with van der Waals surface area (Å²) in [6.45, 7) is -0.119. The third kappa shape index (κ3) is 5.46. The molecule has 1 rings (SSSR count). The molecule has 1 aromatic carbocycles. The Morgan fingerprint density at radius 1 is 1.48 bits per heavy atom. The van der Waals surface area contributed by atoms with Crippen LogP contribution in [0.15, 0.2) is 24.3 Å². The summed E-state index contributed by atoms with van der Waals surface area (Å²) in [5, 5.41) is 10.9. The van der Waals surface area contributed by atoms with E-state index in [0.717, 1.165) is 12.1 Å². The van der Waals surface area contributed by atoms with Gasteiger partial charge in [-0.25, -0.2) is 0 Å². The van der Waals surface area contributed by atoms with Gasteiger partial charge in [0.1, 0.15) is 12.7 Å². The van der Waals surface area contributed by atoms with Gasteiger partial charge in [0, 0.05) is 21.5 Å². The Bertz CT molecular complexity index is 614. The molecule has 1 amide bonds. The standard InChI is InChI=1S/C13H8BrF3N2O2/c14-5-2-6-21-11(8-18)19-12(20)9-3-1-4-10(7-9)13(15,16)17/h1,3-4,7,11H,6H2,(H,19,20). The topological polar surface area (TPSA) is 62.1 Å². The van der Waals surface area contributed by atoms with Gasteiger partial charge in [0.25, 0.3) is 5.91 Å². The maximum absolute atomic E-state index is 12.5. The second-order valence-electron chi connectivity index (χ2n) is 3.64. The zero-order chi connectivity index (χ0) is 15.9. The number of hydrogen-bond donors (Lipinski definition) is 1. The highest BCUT2D eigenvalue weighted by molar-refractivity contribution is 9.12. The number of amides is 1. The normalized spacial score (nSPS) is 11.8. The molecule has 0 aliphatic rings. The lowest BCUT2D eigenvalue weighted by Gasteiger charge is -2.12. The molecule has 0 aliphatic carbocycles. The van der Waals surface area contributed by atoms with E-state index in [2.05, 4.69) is 32.0 Å². The summed E-state index contributed by atoms with van der Waals surface area (Å²) in [6.07, 6.45) is -5.85. The van der Waals surface area contributed by atoms with Crippen LogP contribution in [0.25, 0.3) is 0 Å². The summed E-state index contributed by atoms with van der Waals surface area (Å²) < 4.78 is 42.5. The molecule has 1 N–H and O–H groups in total. The highest BCUT2D eigenvalue weighted by Crippen LogP contribution is 2.29. The molecular formula is C13H8BrF3N2O2. The molecule has 0 spiro atoms. The predicted molar refractivity (Wildman–Crippen MR) is 71.0 cm³/mol. The highest BCUT2D eigenvalue weighted by Gasteiger charge is 2.31. The molecule has 0 aliphatic heterocycles. The van der Waals surface area contributed by atoms with Crippen molar-refractivity contribution in [2.24, 2.45) is 0 Å². The number of nitrogens with zero attached hydrogens (tertiary/aromatic N) is 1. The molecule has 8 heteroatoms. The molecule has 110 valence electrons. The molecule has 21 heavy (non-hydrogen) atoms. The van der Waals surface area contributed by atoms with Gasteiger partial charge in [-0.3, -0.25) is 4.79 Å². The molecule has 1 atom stereocenters. The lowest BCUT2D eigenvalue weighted by Crippen LogP contribution is -2.36. The molecule has 1 aromatic rings. The fraction of sp³-hybridized carbons (Fsp3) is 0.231. The number of carbonyl (C=O) groups excluding carboxylic acids is 1. The van der Waals surface area contributed by atoms with Crippen molar-refractivity contribution >= 4 is 21.8 Å². The Morgan fingerprint density at radius 2 is 2.19 bits per heavy atom. The minimum atomic E-state index is -4.55. The van der Waals surface area contributed by atoms with Crippen molar-refractivity contribution in [3.63, 3.8) is 0 Å². The number of nitriles is 1. The number of alkyl halides is 3. The molecular weight excluding hydrogens is 353 g/mol. The molecule has 0 fully saturated rings. The molecule has 0 heterocycles. The zero-order valence-corrected chi connectivity index (χ0v) is 12.0. The number of carbonyl (C=O) groups is 1. The minimum absolute atomic E-state index is 0.119. The van der Waals surface area contributed by atoms with Crippen molar-refractivity contribution in [1.82, 2.24) is 5.32 Å². The largest absolute Gasteiger partial charge is 0.416 e. The van der Waals surface area contributed by atoms with Gasteiger partial charge in [0.15, 0.2) is 0 Å². The SMILES string of the molecule is N#CC(NC(=O)c1cccc(C(F)(F)F)c1)OCC#CBr. The van der Waals surface area contributed by atoms with E-state index < -0.39 is 23.9 Å². The van der Waals surface area contributed by atoms with E-state index >= 15 is 0 Å². The second kappa shape index (κ2) is 7.67. The van der Waals surface area contributed by atoms with Crippen molar-refractivity contribution in [2.45, 2.75) is 12.4 Å². The van der Waals surface area contributed by atoms with E-state index in [1.807, 2.05) is 0 Å². The first kappa shape index (κ1) is 17.0. The van der Waals surface area contributed by atoms with Crippen LogP contribution in [0.2, 0.25) is 0 Å². The van der Waals surface area contributed by atoms with Gasteiger partial charge in [0.05, 0.1) is 5.56 Å². The summed E-state index contributed by atoms with van der Waals surface area (Å²) in [6, 6.07) is 5.50. The van der Waals surface area contributed by atoms with Gasteiger partial charge in [-0.15, -0.1) is 0 Å². The maximum atomic E-state index is 12.5.